The maximum absolute atomic E-state index is 13.3. The molecule has 1 aliphatic heterocycles. The lowest BCUT2D eigenvalue weighted by atomic mass is 9.96. The van der Waals surface area contributed by atoms with Crippen LogP contribution in [0.5, 0.6) is 0 Å². The monoisotopic (exact) mass is 439 g/mol. The number of nitrogens with zero attached hydrogens (tertiary/aromatic N) is 2. The fourth-order valence-corrected chi connectivity index (χ4v) is 5.82. The fourth-order valence-electron chi connectivity index (χ4n) is 4.26. The standard InChI is InChI=1S/C24H29N3O3S/c1-4-27(21-6-8-23-20(16-21)9-12-25-23)24(28)19-10-13-26(14-11-19)31(29,30)22-7-5-17(2)18(3)15-22/h5-9,12,15-16,19,25H,4,10-11,13-14H2,1-3H3. The Hall–Kier alpha value is -2.64. The molecule has 0 saturated carbocycles. The van der Waals surface area contributed by atoms with E-state index in [9.17, 15) is 13.2 Å². The highest BCUT2D eigenvalue weighted by Gasteiger charge is 2.34. The lowest BCUT2D eigenvalue weighted by Crippen LogP contribution is -2.44. The number of fused-ring (bicyclic) bond motifs is 1. The Labute approximate surface area is 183 Å². The molecule has 0 atom stereocenters. The van der Waals surface area contributed by atoms with Crippen molar-refractivity contribution in [3.05, 3.63) is 59.8 Å². The normalized spacial score (nSPS) is 16.0. The number of hydrogen-bond acceptors (Lipinski definition) is 3. The van der Waals surface area contributed by atoms with Gasteiger partial charge in [0.15, 0.2) is 0 Å². The molecule has 4 rings (SSSR count). The Morgan fingerprint density at radius 3 is 2.48 bits per heavy atom. The number of benzene rings is 2. The molecule has 3 aromatic rings. The van der Waals surface area contributed by atoms with Gasteiger partial charge in [-0.3, -0.25) is 4.79 Å². The molecular weight excluding hydrogens is 410 g/mol. The first-order valence-corrected chi connectivity index (χ1v) is 12.2. The zero-order chi connectivity index (χ0) is 22.2. The molecule has 1 saturated heterocycles. The van der Waals surface area contributed by atoms with Gasteiger partial charge >= 0.3 is 0 Å². The molecule has 1 aromatic heterocycles. The summed E-state index contributed by atoms with van der Waals surface area (Å²) in [6.45, 7) is 7.16. The third kappa shape index (κ3) is 4.12. The van der Waals surface area contributed by atoms with Crippen molar-refractivity contribution in [3.63, 3.8) is 0 Å². The fraction of sp³-hybridized carbons (Fsp3) is 0.375. The summed E-state index contributed by atoms with van der Waals surface area (Å²) in [4.78, 5) is 18.6. The zero-order valence-corrected chi connectivity index (χ0v) is 19.1. The first-order chi connectivity index (χ1) is 14.8. The first-order valence-electron chi connectivity index (χ1n) is 10.8. The van der Waals surface area contributed by atoms with E-state index in [-0.39, 0.29) is 11.8 Å². The van der Waals surface area contributed by atoms with Crippen molar-refractivity contribution in [1.29, 1.82) is 0 Å². The van der Waals surface area contributed by atoms with E-state index in [0.29, 0.717) is 37.4 Å². The van der Waals surface area contributed by atoms with Crippen LogP contribution >= 0.6 is 0 Å². The van der Waals surface area contributed by atoms with Gasteiger partial charge < -0.3 is 9.88 Å². The SMILES string of the molecule is CCN(C(=O)C1CCN(S(=O)(=O)c2ccc(C)c(C)c2)CC1)c1ccc2[nH]ccc2c1. The molecule has 0 spiro atoms. The smallest absolute Gasteiger partial charge is 0.243 e. The maximum atomic E-state index is 13.3. The molecule has 1 amide bonds. The van der Waals surface area contributed by atoms with Crippen LogP contribution in [0.2, 0.25) is 0 Å². The van der Waals surface area contributed by atoms with Gasteiger partial charge in [0.1, 0.15) is 0 Å². The molecule has 31 heavy (non-hydrogen) atoms. The predicted molar refractivity (Wildman–Crippen MR) is 124 cm³/mol. The van der Waals surface area contributed by atoms with E-state index in [4.69, 9.17) is 0 Å². The molecular formula is C24H29N3O3S. The minimum atomic E-state index is -3.54. The number of carbonyl (C=O) groups is 1. The Bertz CT molecular complexity index is 1210. The molecule has 1 aliphatic rings. The molecule has 0 aliphatic carbocycles. The number of carbonyl (C=O) groups excluding carboxylic acids is 1. The summed E-state index contributed by atoms with van der Waals surface area (Å²) < 4.78 is 27.6. The average Bonchev–Trinajstić information content (AvgIpc) is 3.24. The van der Waals surface area contributed by atoms with Crippen LogP contribution in [0.4, 0.5) is 5.69 Å². The molecule has 0 radical (unpaired) electrons. The minimum absolute atomic E-state index is 0.0700. The highest BCUT2D eigenvalue weighted by Crippen LogP contribution is 2.29. The van der Waals surface area contributed by atoms with Crippen LogP contribution in [0.1, 0.15) is 30.9 Å². The van der Waals surface area contributed by atoms with Crippen molar-refractivity contribution in [2.75, 3.05) is 24.5 Å². The van der Waals surface area contributed by atoms with Crippen molar-refractivity contribution in [3.8, 4) is 0 Å². The largest absolute Gasteiger partial charge is 0.361 e. The van der Waals surface area contributed by atoms with Gasteiger partial charge in [-0.25, -0.2) is 8.42 Å². The van der Waals surface area contributed by atoms with E-state index in [1.807, 2.05) is 62.2 Å². The maximum Gasteiger partial charge on any atom is 0.243 e. The summed E-state index contributed by atoms with van der Waals surface area (Å²) in [5.41, 5.74) is 3.95. The Morgan fingerprint density at radius 2 is 1.81 bits per heavy atom. The van der Waals surface area contributed by atoms with Crippen molar-refractivity contribution in [1.82, 2.24) is 9.29 Å². The van der Waals surface area contributed by atoms with Gasteiger partial charge in [0, 0.05) is 48.3 Å². The number of aromatic amines is 1. The zero-order valence-electron chi connectivity index (χ0n) is 18.3. The second-order valence-corrected chi connectivity index (χ2v) is 10.2. The summed E-state index contributed by atoms with van der Waals surface area (Å²) in [5.74, 6) is -0.103. The van der Waals surface area contributed by atoms with E-state index < -0.39 is 10.0 Å². The topological polar surface area (TPSA) is 73.5 Å². The van der Waals surface area contributed by atoms with Gasteiger partial charge in [-0.2, -0.15) is 4.31 Å². The molecule has 0 bridgehead atoms. The van der Waals surface area contributed by atoms with Crippen LogP contribution in [-0.4, -0.2) is 43.2 Å². The lowest BCUT2D eigenvalue weighted by Gasteiger charge is -2.33. The van der Waals surface area contributed by atoms with Crippen molar-refractivity contribution in [2.45, 2.75) is 38.5 Å². The van der Waals surface area contributed by atoms with Crippen LogP contribution in [0.3, 0.4) is 0 Å². The number of aromatic nitrogens is 1. The van der Waals surface area contributed by atoms with Crippen LogP contribution in [0.25, 0.3) is 10.9 Å². The van der Waals surface area contributed by atoms with Gasteiger partial charge in [-0.05, 0) is 81.1 Å². The molecule has 2 heterocycles. The number of H-pyrrole nitrogens is 1. The molecule has 6 nitrogen and oxygen atoms in total. The molecule has 1 N–H and O–H groups in total. The molecule has 2 aromatic carbocycles. The third-order valence-corrected chi connectivity index (χ3v) is 8.24. The molecule has 7 heteroatoms. The third-order valence-electron chi connectivity index (χ3n) is 6.35. The number of anilines is 1. The summed E-state index contributed by atoms with van der Waals surface area (Å²) in [5, 5.41) is 1.07. The van der Waals surface area contributed by atoms with E-state index in [0.717, 1.165) is 27.7 Å². The van der Waals surface area contributed by atoms with Gasteiger partial charge in [0.25, 0.3) is 0 Å². The molecule has 0 unspecified atom stereocenters. The van der Waals surface area contributed by atoms with Crippen molar-refractivity contribution in [2.24, 2.45) is 5.92 Å². The van der Waals surface area contributed by atoms with E-state index in [1.54, 1.807) is 12.1 Å². The van der Waals surface area contributed by atoms with E-state index >= 15 is 0 Å². The lowest BCUT2D eigenvalue weighted by molar-refractivity contribution is -0.123. The van der Waals surface area contributed by atoms with Crippen LogP contribution in [0, 0.1) is 19.8 Å². The van der Waals surface area contributed by atoms with Crippen LogP contribution in [-0.2, 0) is 14.8 Å². The number of hydrogen-bond donors (Lipinski definition) is 1. The van der Waals surface area contributed by atoms with Gasteiger partial charge in [-0.15, -0.1) is 0 Å². The number of nitrogens with one attached hydrogen (secondary N) is 1. The number of amides is 1. The minimum Gasteiger partial charge on any atom is -0.361 e. The van der Waals surface area contributed by atoms with Crippen LogP contribution < -0.4 is 4.90 Å². The Kier molecular flexibility index (Phi) is 5.90. The summed E-state index contributed by atoms with van der Waals surface area (Å²) in [6, 6.07) is 13.2. The highest BCUT2D eigenvalue weighted by atomic mass is 32.2. The second kappa shape index (κ2) is 8.48. The summed E-state index contributed by atoms with van der Waals surface area (Å²) in [7, 11) is -3.54. The second-order valence-electron chi connectivity index (χ2n) is 8.26. The Morgan fingerprint density at radius 1 is 1.06 bits per heavy atom. The van der Waals surface area contributed by atoms with E-state index in [1.165, 1.54) is 4.31 Å². The van der Waals surface area contributed by atoms with Gasteiger partial charge in [0.05, 0.1) is 4.90 Å². The Balaban J connectivity index is 1.46. The highest BCUT2D eigenvalue weighted by molar-refractivity contribution is 7.89. The number of aryl methyl sites for hydroxylation is 2. The summed E-state index contributed by atoms with van der Waals surface area (Å²) in [6.07, 6.45) is 2.95. The molecule has 164 valence electrons. The van der Waals surface area contributed by atoms with E-state index in [2.05, 4.69) is 4.98 Å². The quantitative estimate of drug-likeness (QED) is 0.646. The average molecular weight is 440 g/mol. The van der Waals surface area contributed by atoms with Crippen molar-refractivity contribution >= 4 is 32.5 Å². The van der Waals surface area contributed by atoms with Gasteiger partial charge in [0.2, 0.25) is 15.9 Å². The molecule has 1 fully saturated rings. The number of piperidine rings is 1. The number of rotatable bonds is 5. The van der Waals surface area contributed by atoms with Crippen LogP contribution in [0.15, 0.2) is 53.6 Å². The number of sulfonamides is 1. The first kappa shape index (κ1) is 21.6. The summed E-state index contributed by atoms with van der Waals surface area (Å²) >= 11 is 0. The van der Waals surface area contributed by atoms with Gasteiger partial charge in [-0.1, -0.05) is 6.07 Å². The predicted octanol–water partition coefficient (Wildman–Crippen LogP) is 4.24. The van der Waals surface area contributed by atoms with Crippen molar-refractivity contribution < 1.29 is 13.2 Å².